The molecule has 4 atom stereocenters. The Hall–Kier alpha value is -1.68. The van der Waals surface area contributed by atoms with Crippen molar-refractivity contribution >= 4 is 0 Å². The SMILES string of the molecule is c1ccc(CO[C@H]2C[C@@H](OCc3ccccc3)[C@H]3O[C@H]32)cc1. The van der Waals surface area contributed by atoms with Gasteiger partial charge in [-0.2, -0.15) is 0 Å². The second kappa shape index (κ2) is 6.21. The first-order valence-corrected chi connectivity index (χ1v) is 7.87. The van der Waals surface area contributed by atoms with Crippen molar-refractivity contribution < 1.29 is 14.2 Å². The highest BCUT2D eigenvalue weighted by Gasteiger charge is 2.57. The molecule has 1 aliphatic heterocycles. The number of fused-ring (bicyclic) bond motifs is 1. The summed E-state index contributed by atoms with van der Waals surface area (Å²) in [6, 6.07) is 20.5. The van der Waals surface area contributed by atoms with E-state index in [1.165, 1.54) is 11.1 Å². The van der Waals surface area contributed by atoms with Gasteiger partial charge in [0.2, 0.25) is 0 Å². The van der Waals surface area contributed by atoms with Crippen LogP contribution < -0.4 is 0 Å². The van der Waals surface area contributed by atoms with E-state index in [1.54, 1.807) is 0 Å². The van der Waals surface area contributed by atoms with Gasteiger partial charge in [-0.15, -0.1) is 0 Å². The van der Waals surface area contributed by atoms with E-state index in [0.717, 1.165) is 6.42 Å². The van der Waals surface area contributed by atoms with E-state index < -0.39 is 0 Å². The lowest BCUT2D eigenvalue weighted by atomic mass is 10.2. The zero-order valence-corrected chi connectivity index (χ0v) is 12.4. The monoisotopic (exact) mass is 296 g/mol. The highest BCUT2D eigenvalue weighted by Crippen LogP contribution is 2.42. The zero-order valence-electron chi connectivity index (χ0n) is 12.4. The lowest BCUT2D eigenvalue weighted by Crippen LogP contribution is -2.21. The van der Waals surface area contributed by atoms with Crippen LogP contribution in [0.2, 0.25) is 0 Å². The van der Waals surface area contributed by atoms with Gasteiger partial charge in [0.05, 0.1) is 25.4 Å². The predicted octanol–water partition coefficient (Wildman–Crippen LogP) is 3.33. The van der Waals surface area contributed by atoms with E-state index in [9.17, 15) is 0 Å². The van der Waals surface area contributed by atoms with E-state index in [0.29, 0.717) is 13.2 Å². The minimum absolute atomic E-state index is 0.158. The first kappa shape index (κ1) is 13.9. The van der Waals surface area contributed by atoms with Crippen LogP contribution in [0, 0.1) is 0 Å². The summed E-state index contributed by atoms with van der Waals surface area (Å²) in [4.78, 5) is 0. The first-order valence-electron chi connectivity index (χ1n) is 7.87. The van der Waals surface area contributed by atoms with Crippen molar-refractivity contribution in [3.8, 4) is 0 Å². The molecule has 0 unspecified atom stereocenters. The number of epoxide rings is 1. The van der Waals surface area contributed by atoms with Gasteiger partial charge in [-0.05, 0) is 11.1 Å². The van der Waals surface area contributed by atoms with Crippen molar-refractivity contribution in [1.82, 2.24) is 0 Å². The van der Waals surface area contributed by atoms with Crippen molar-refractivity contribution in [2.75, 3.05) is 0 Å². The Morgan fingerprint density at radius 2 is 1.18 bits per heavy atom. The van der Waals surface area contributed by atoms with Crippen LogP contribution in [0.5, 0.6) is 0 Å². The molecule has 0 aromatic heterocycles. The molecule has 114 valence electrons. The van der Waals surface area contributed by atoms with Gasteiger partial charge >= 0.3 is 0 Å². The fourth-order valence-electron chi connectivity index (χ4n) is 3.11. The van der Waals surface area contributed by atoms with Crippen LogP contribution in [-0.4, -0.2) is 24.4 Å². The Bertz CT molecular complexity index is 545. The Labute approximate surface area is 130 Å². The largest absolute Gasteiger partial charge is 0.371 e. The van der Waals surface area contributed by atoms with Gasteiger partial charge in [-0.1, -0.05) is 60.7 Å². The van der Waals surface area contributed by atoms with Crippen LogP contribution in [0.25, 0.3) is 0 Å². The number of rotatable bonds is 6. The number of benzene rings is 2. The standard InChI is InChI=1S/C19H20O3/c1-3-7-14(8-4-1)12-20-16-11-17(19-18(16)22-19)21-13-15-9-5-2-6-10-15/h1-10,16-19H,11-13H2/t16-,17+,18-,19+. The molecule has 2 fully saturated rings. The maximum absolute atomic E-state index is 6.02. The second-order valence-corrected chi connectivity index (χ2v) is 5.97. The smallest absolute Gasteiger partial charge is 0.113 e. The normalized spacial score (nSPS) is 29.3. The average Bonchev–Trinajstić information content (AvgIpc) is 3.30. The van der Waals surface area contributed by atoms with Crippen LogP contribution in [0.4, 0.5) is 0 Å². The molecule has 1 saturated carbocycles. The van der Waals surface area contributed by atoms with Gasteiger partial charge in [-0.3, -0.25) is 0 Å². The molecule has 0 amide bonds. The lowest BCUT2D eigenvalue weighted by molar-refractivity contribution is -0.0402. The summed E-state index contributed by atoms with van der Waals surface area (Å²) in [5.74, 6) is 0. The summed E-state index contributed by atoms with van der Waals surface area (Å²) in [5.41, 5.74) is 2.40. The van der Waals surface area contributed by atoms with Gasteiger partial charge < -0.3 is 14.2 Å². The Balaban J connectivity index is 1.27. The van der Waals surface area contributed by atoms with Gasteiger partial charge in [0, 0.05) is 6.42 Å². The van der Waals surface area contributed by atoms with Gasteiger partial charge in [0.15, 0.2) is 0 Å². The van der Waals surface area contributed by atoms with Crippen LogP contribution in [0.3, 0.4) is 0 Å². The van der Waals surface area contributed by atoms with Crippen molar-refractivity contribution in [1.29, 1.82) is 0 Å². The van der Waals surface area contributed by atoms with Crippen molar-refractivity contribution in [2.45, 2.75) is 44.1 Å². The van der Waals surface area contributed by atoms with Crippen LogP contribution in [0.15, 0.2) is 60.7 Å². The van der Waals surface area contributed by atoms with E-state index in [2.05, 4.69) is 24.3 Å². The van der Waals surface area contributed by atoms with E-state index >= 15 is 0 Å². The Kier molecular flexibility index (Phi) is 3.94. The van der Waals surface area contributed by atoms with Crippen LogP contribution >= 0.6 is 0 Å². The molecule has 2 aromatic rings. The third kappa shape index (κ3) is 3.07. The topological polar surface area (TPSA) is 31.0 Å². The summed E-state index contributed by atoms with van der Waals surface area (Å²) < 4.78 is 17.7. The van der Waals surface area contributed by atoms with Gasteiger partial charge in [0.1, 0.15) is 12.2 Å². The third-order valence-corrected chi connectivity index (χ3v) is 4.37. The van der Waals surface area contributed by atoms with Crippen LogP contribution in [0.1, 0.15) is 17.5 Å². The quantitative estimate of drug-likeness (QED) is 0.766. The molecule has 3 heteroatoms. The number of hydrogen-bond donors (Lipinski definition) is 0. The summed E-state index contributed by atoms with van der Waals surface area (Å²) in [5, 5.41) is 0. The molecule has 1 aliphatic carbocycles. The summed E-state index contributed by atoms with van der Waals surface area (Å²) in [6.45, 7) is 1.28. The maximum atomic E-state index is 6.02. The molecule has 2 aliphatic rings. The molecule has 0 radical (unpaired) electrons. The Morgan fingerprint density at radius 3 is 1.64 bits per heavy atom. The van der Waals surface area contributed by atoms with Gasteiger partial charge in [0.25, 0.3) is 0 Å². The minimum atomic E-state index is 0.158. The molecule has 3 nitrogen and oxygen atoms in total. The Morgan fingerprint density at radius 1 is 0.727 bits per heavy atom. The second-order valence-electron chi connectivity index (χ2n) is 5.97. The van der Waals surface area contributed by atoms with Crippen molar-refractivity contribution in [3.63, 3.8) is 0 Å². The fourth-order valence-corrected chi connectivity index (χ4v) is 3.11. The third-order valence-electron chi connectivity index (χ3n) is 4.37. The molecule has 0 bridgehead atoms. The van der Waals surface area contributed by atoms with Crippen molar-refractivity contribution in [2.24, 2.45) is 0 Å². The van der Waals surface area contributed by atoms with Crippen molar-refractivity contribution in [3.05, 3.63) is 71.8 Å². The summed E-state index contributed by atoms with van der Waals surface area (Å²) in [7, 11) is 0. The van der Waals surface area contributed by atoms with E-state index in [-0.39, 0.29) is 24.4 Å². The molecular weight excluding hydrogens is 276 g/mol. The molecule has 1 saturated heterocycles. The predicted molar refractivity (Wildman–Crippen MR) is 83.3 cm³/mol. The fraction of sp³-hybridized carbons (Fsp3) is 0.368. The molecule has 0 N–H and O–H groups in total. The molecule has 1 heterocycles. The highest BCUT2D eigenvalue weighted by atomic mass is 16.7. The molecule has 2 aromatic carbocycles. The minimum Gasteiger partial charge on any atom is -0.371 e. The van der Waals surface area contributed by atoms with E-state index in [4.69, 9.17) is 14.2 Å². The number of hydrogen-bond acceptors (Lipinski definition) is 3. The molecular formula is C19H20O3. The molecule has 0 spiro atoms. The summed E-state index contributed by atoms with van der Waals surface area (Å²) in [6.07, 6.45) is 1.69. The van der Waals surface area contributed by atoms with E-state index in [1.807, 2.05) is 36.4 Å². The highest BCUT2D eigenvalue weighted by molar-refractivity contribution is 5.15. The maximum Gasteiger partial charge on any atom is 0.113 e. The summed E-state index contributed by atoms with van der Waals surface area (Å²) >= 11 is 0. The first-order chi connectivity index (χ1) is 10.9. The molecule has 22 heavy (non-hydrogen) atoms. The number of ether oxygens (including phenoxy) is 3. The van der Waals surface area contributed by atoms with Gasteiger partial charge in [-0.25, -0.2) is 0 Å². The molecule has 4 rings (SSSR count). The average molecular weight is 296 g/mol. The lowest BCUT2D eigenvalue weighted by Gasteiger charge is -2.17. The zero-order chi connectivity index (χ0) is 14.8. The van der Waals surface area contributed by atoms with Crippen LogP contribution in [-0.2, 0) is 27.4 Å².